The zero-order valence-corrected chi connectivity index (χ0v) is 21.6. The summed E-state index contributed by atoms with van der Waals surface area (Å²) in [6.45, 7) is 8.60. The molecule has 3 rings (SSSR count). The van der Waals surface area contributed by atoms with Crippen molar-refractivity contribution in [2.75, 3.05) is 5.33 Å². The lowest BCUT2D eigenvalue weighted by Gasteiger charge is -2.25. The average molecular weight is 525 g/mol. The lowest BCUT2D eigenvalue weighted by molar-refractivity contribution is -0.174. The fourth-order valence-electron chi connectivity index (χ4n) is 4.53. The molecule has 0 heterocycles. The van der Waals surface area contributed by atoms with Gasteiger partial charge in [0.05, 0.1) is 0 Å². The second-order valence-corrected chi connectivity index (χ2v) is 9.83. The van der Waals surface area contributed by atoms with Crippen molar-refractivity contribution in [3.8, 4) is 0 Å². The third kappa shape index (κ3) is 6.26. The monoisotopic (exact) mass is 524 g/mol. The standard InChI is InChI=1S/C29H33BrO4/c1-21(11-10-16-30)23(3)26-18-29(17-22(26)2,27(31)33-19-24-12-6-4-7-13-24)28(32)34-20-25-14-8-5-9-15-25/h4-9,12-15,22H,1,10-11,16-20H2,2-3H3/b26-23-. The topological polar surface area (TPSA) is 52.6 Å². The van der Waals surface area contributed by atoms with E-state index in [9.17, 15) is 9.59 Å². The van der Waals surface area contributed by atoms with Gasteiger partial charge in [0.15, 0.2) is 5.41 Å². The Kier molecular flexibility index (Phi) is 9.28. The van der Waals surface area contributed by atoms with Crippen molar-refractivity contribution in [3.63, 3.8) is 0 Å². The highest BCUT2D eigenvalue weighted by Crippen LogP contribution is 2.49. The minimum atomic E-state index is -1.35. The Morgan fingerprint density at radius 1 is 0.971 bits per heavy atom. The largest absolute Gasteiger partial charge is 0.460 e. The van der Waals surface area contributed by atoms with Crippen LogP contribution >= 0.6 is 15.9 Å². The van der Waals surface area contributed by atoms with Crippen LogP contribution in [0.1, 0.15) is 50.7 Å². The number of carbonyl (C=O) groups excluding carboxylic acids is 2. The van der Waals surface area contributed by atoms with Crippen molar-refractivity contribution in [1.29, 1.82) is 0 Å². The number of hydrogen-bond acceptors (Lipinski definition) is 4. The number of esters is 2. The van der Waals surface area contributed by atoms with E-state index in [-0.39, 0.29) is 19.1 Å². The molecule has 34 heavy (non-hydrogen) atoms. The van der Waals surface area contributed by atoms with E-state index < -0.39 is 17.4 Å². The first-order chi connectivity index (χ1) is 16.4. The molecule has 0 aromatic heterocycles. The third-order valence-electron chi connectivity index (χ3n) is 6.57. The van der Waals surface area contributed by atoms with Gasteiger partial charge >= 0.3 is 11.9 Å². The van der Waals surface area contributed by atoms with Crippen LogP contribution in [0.3, 0.4) is 0 Å². The smallest absolute Gasteiger partial charge is 0.324 e. The molecule has 0 radical (unpaired) electrons. The summed E-state index contributed by atoms with van der Waals surface area (Å²) in [4.78, 5) is 26.9. The molecule has 1 aliphatic rings. The van der Waals surface area contributed by atoms with Crippen LogP contribution in [0, 0.1) is 11.3 Å². The van der Waals surface area contributed by atoms with Gasteiger partial charge in [0, 0.05) is 5.33 Å². The maximum atomic E-state index is 13.5. The summed E-state index contributed by atoms with van der Waals surface area (Å²) in [6, 6.07) is 19.0. The summed E-state index contributed by atoms with van der Waals surface area (Å²) in [5.41, 5.74) is 3.63. The van der Waals surface area contributed by atoms with Crippen LogP contribution in [-0.4, -0.2) is 17.3 Å². The molecule has 1 fully saturated rings. The van der Waals surface area contributed by atoms with Gasteiger partial charge in [-0.2, -0.15) is 0 Å². The van der Waals surface area contributed by atoms with E-state index in [1.807, 2.05) is 67.6 Å². The van der Waals surface area contributed by atoms with Crippen molar-refractivity contribution < 1.29 is 19.1 Å². The van der Waals surface area contributed by atoms with Crippen molar-refractivity contribution in [3.05, 3.63) is 95.1 Å². The van der Waals surface area contributed by atoms with Crippen LogP contribution in [-0.2, 0) is 32.3 Å². The molecular formula is C29H33BrO4. The predicted molar refractivity (Wildman–Crippen MR) is 138 cm³/mol. The summed E-state index contributed by atoms with van der Waals surface area (Å²) >= 11 is 3.47. The number of carbonyl (C=O) groups is 2. The third-order valence-corrected chi connectivity index (χ3v) is 7.13. The van der Waals surface area contributed by atoms with Gasteiger partial charge in [0.25, 0.3) is 0 Å². The first-order valence-corrected chi connectivity index (χ1v) is 12.9. The second-order valence-electron chi connectivity index (χ2n) is 9.03. The molecule has 1 unspecified atom stereocenters. The van der Waals surface area contributed by atoms with Crippen LogP contribution in [0.15, 0.2) is 84.0 Å². The zero-order chi connectivity index (χ0) is 24.6. The Bertz CT molecular complexity index is 971. The lowest BCUT2D eigenvalue weighted by Crippen LogP contribution is -2.40. The molecule has 1 aliphatic carbocycles. The number of halogens is 1. The van der Waals surface area contributed by atoms with Gasteiger partial charge in [0.1, 0.15) is 13.2 Å². The fraction of sp³-hybridized carbons (Fsp3) is 0.379. The lowest BCUT2D eigenvalue weighted by atomic mass is 9.85. The van der Waals surface area contributed by atoms with Crippen LogP contribution in [0.2, 0.25) is 0 Å². The van der Waals surface area contributed by atoms with Gasteiger partial charge < -0.3 is 9.47 Å². The molecule has 0 saturated heterocycles. The molecule has 1 saturated carbocycles. The molecule has 4 nitrogen and oxygen atoms in total. The molecule has 1 atom stereocenters. The van der Waals surface area contributed by atoms with E-state index in [0.717, 1.165) is 46.0 Å². The Morgan fingerprint density at radius 3 is 1.94 bits per heavy atom. The molecule has 2 aromatic carbocycles. The van der Waals surface area contributed by atoms with Crippen LogP contribution < -0.4 is 0 Å². The Hall–Kier alpha value is -2.66. The molecule has 0 aliphatic heterocycles. The summed E-state index contributed by atoms with van der Waals surface area (Å²) < 4.78 is 11.4. The van der Waals surface area contributed by atoms with E-state index in [0.29, 0.717) is 12.8 Å². The summed E-state index contributed by atoms with van der Waals surface area (Å²) in [6.07, 6.45) is 2.53. The minimum Gasteiger partial charge on any atom is -0.460 e. The highest BCUT2D eigenvalue weighted by molar-refractivity contribution is 9.09. The minimum absolute atomic E-state index is 0.0503. The van der Waals surface area contributed by atoms with Crippen molar-refractivity contribution in [2.24, 2.45) is 11.3 Å². The Labute approximate surface area is 211 Å². The quantitative estimate of drug-likeness (QED) is 0.192. The molecule has 0 N–H and O–H groups in total. The first kappa shape index (κ1) is 26.0. The van der Waals surface area contributed by atoms with Crippen LogP contribution in [0.25, 0.3) is 0 Å². The molecule has 5 heteroatoms. The number of benzene rings is 2. The van der Waals surface area contributed by atoms with Crippen LogP contribution in [0.4, 0.5) is 0 Å². The molecule has 0 bridgehead atoms. The average Bonchev–Trinajstić information content (AvgIpc) is 3.23. The Balaban J connectivity index is 1.84. The number of allylic oxidation sites excluding steroid dienone is 3. The van der Waals surface area contributed by atoms with Crippen molar-refractivity contribution >= 4 is 27.9 Å². The van der Waals surface area contributed by atoms with E-state index in [4.69, 9.17) is 9.47 Å². The molecular weight excluding hydrogens is 492 g/mol. The summed E-state index contributed by atoms with van der Waals surface area (Å²) in [5, 5.41) is 0.908. The van der Waals surface area contributed by atoms with E-state index >= 15 is 0 Å². The fourth-order valence-corrected chi connectivity index (χ4v) is 4.81. The molecule has 180 valence electrons. The first-order valence-electron chi connectivity index (χ1n) is 11.7. The second kappa shape index (κ2) is 12.2. The van der Waals surface area contributed by atoms with Gasteiger partial charge in [-0.05, 0) is 55.2 Å². The molecule has 2 aromatic rings. The van der Waals surface area contributed by atoms with E-state index in [2.05, 4.69) is 29.4 Å². The SMILES string of the molecule is C=C(CCCBr)/C(C)=C1/CC(C(=O)OCc2ccccc2)(C(=O)OCc2ccccc2)CC1C. The van der Waals surface area contributed by atoms with Gasteiger partial charge in [0.2, 0.25) is 0 Å². The van der Waals surface area contributed by atoms with Gasteiger partial charge in [-0.15, -0.1) is 0 Å². The number of hydrogen-bond donors (Lipinski definition) is 0. The van der Waals surface area contributed by atoms with Crippen molar-refractivity contribution in [2.45, 2.75) is 52.7 Å². The zero-order valence-electron chi connectivity index (χ0n) is 20.0. The van der Waals surface area contributed by atoms with Crippen LogP contribution in [0.5, 0.6) is 0 Å². The van der Waals surface area contributed by atoms with Gasteiger partial charge in [-0.25, -0.2) is 0 Å². The maximum absolute atomic E-state index is 13.5. The van der Waals surface area contributed by atoms with Gasteiger partial charge in [-0.3, -0.25) is 9.59 Å². The molecule has 0 spiro atoms. The number of alkyl halides is 1. The van der Waals surface area contributed by atoms with Crippen molar-refractivity contribution in [1.82, 2.24) is 0 Å². The predicted octanol–water partition coefficient (Wildman–Crippen LogP) is 6.94. The highest BCUT2D eigenvalue weighted by Gasteiger charge is 2.55. The highest BCUT2D eigenvalue weighted by atomic mass is 79.9. The number of rotatable bonds is 10. The maximum Gasteiger partial charge on any atom is 0.324 e. The number of ether oxygens (including phenoxy) is 2. The Morgan fingerprint density at radius 2 is 1.47 bits per heavy atom. The van der Waals surface area contributed by atoms with E-state index in [1.54, 1.807) is 0 Å². The normalized spacial score (nSPS) is 18.3. The van der Waals surface area contributed by atoms with Gasteiger partial charge in [-0.1, -0.05) is 101 Å². The summed E-state index contributed by atoms with van der Waals surface area (Å²) in [5.74, 6) is -0.987. The van der Waals surface area contributed by atoms with E-state index in [1.165, 1.54) is 0 Å². The molecule has 0 amide bonds. The summed E-state index contributed by atoms with van der Waals surface area (Å²) in [7, 11) is 0.